The van der Waals surface area contributed by atoms with Gasteiger partial charge in [0.05, 0.1) is 5.54 Å². The van der Waals surface area contributed by atoms with E-state index in [4.69, 9.17) is 4.99 Å². The van der Waals surface area contributed by atoms with Gasteiger partial charge in [-0.2, -0.15) is 0 Å². The fourth-order valence-electron chi connectivity index (χ4n) is 2.66. The van der Waals surface area contributed by atoms with Crippen LogP contribution in [-0.4, -0.2) is 16.9 Å². The highest BCUT2D eigenvalue weighted by Gasteiger charge is 2.24. The zero-order valence-corrected chi connectivity index (χ0v) is 13.3. The molecule has 0 saturated carbocycles. The highest BCUT2D eigenvalue weighted by Crippen LogP contribution is 2.29. The molecule has 0 bridgehead atoms. The lowest BCUT2D eigenvalue weighted by Crippen LogP contribution is -2.25. The minimum Gasteiger partial charge on any atom is -0.507 e. The molecule has 2 nitrogen and oxygen atoms in total. The summed E-state index contributed by atoms with van der Waals surface area (Å²) in [4.78, 5) is 4.72. The molecular weight excluding hydrogens is 234 g/mol. The van der Waals surface area contributed by atoms with E-state index in [-0.39, 0.29) is 11.0 Å². The fraction of sp³-hybridized carbons (Fsp3) is 0.588. The Labute approximate surface area is 117 Å². The van der Waals surface area contributed by atoms with Gasteiger partial charge in [0.1, 0.15) is 5.75 Å². The first-order valence-corrected chi connectivity index (χ1v) is 6.86. The van der Waals surface area contributed by atoms with Crippen LogP contribution in [0.5, 0.6) is 5.75 Å². The molecule has 0 fully saturated rings. The Balaban J connectivity index is 2.93. The second-order valence-electron chi connectivity index (χ2n) is 7.31. The highest BCUT2D eigenvalue weighted by molar-refractivity contribution is 5.81. The minimum absolute atomic E-state index is 0.0715. The van der Waals surface area contributed by atoms with Crippen molar-refractivity contribution in [3.05, 3.63) is 28.8 Å². The Morgan fingerprint density at radius 1 is 1.05 bits per heavy atom. The average Bonchev–Trinajstić information content (AvgIpc) is 2.19. The van der Waals surface area contributed by atoms with Crippen LogP contribution in [0.3, 0.4) is 0 Å². The molecule has 0 spiro atoms. The maximum Gasteiger partial charge on any atom is 0.121 e. The summed E-state index contributed by atoms with van der Waals surface area (Å²) in [7, 11) is 0. The molecule has 1 rings (SSSR count). The maximum absolute atomic E-state index is 9.77. The topological polar surface area (TPSA) is 32.6 Å². The summed E-state index contributed by atoms with van der Waals surface area (Å²) in [6, 6.07) is 3.94. The number of nitrogens with zero attached hydrogens (tertiary/aromatic N) is 1. The first-order chi connectivity index (χ1) is 8.50. The van der Waals surface area contributed by atoms with Gasteiger partial charge in [-0.1, -0.05) is 20.8 Å². The quantitative estimate of drug-likeness (QED) is 0.790. The van der Waals surface area contributed by atoms with Gasteiger partial charge in [0.15, 0.2) is 0 Å². The van der Waals surface area contributed by atoms with E-state index >= 15 is 0 Å². The van der Waals surface area contributed by atoms with Gasteiger partial charge < -0.3 is 5.11 Å². The monoisotopic (exact) mass is 261 g/mol. The van der Waals surface area contributed by atoms with Crippen LogP contribution in [0.4, 0.5) is 0 Å². The van der Waals surface area contributed by atoms with E-state index in [0.717, 1.165) is 23.1 Å². The average molecular weight is 261 g/mol. The van der Waals surface area contributed by atoms with Crippen LogP contribution in [0, 0.1) is 19.3 Å². The fourth-order valence-corrected chi connectivity index (χ4v) is 2.66. The van der Waals surface area contributed by atoms with Crippen molar-refractivity contribution in [3.8, 4) is 5.75 Å². The van der Waals surface area contributed by atoms with Gasteiger partial charge in [0.2, 0.25) is 0 Å². The first kappa shape index (κ1) is 15.7. The Morgan fingerprint density at radius 3 is 1.95 bits per heavy atom. The standard InChI is InChI=1S/C17H27NO/c1-12-8-14(9-13(2)15(12)19)10-18-17(6,7)11-16(3,4)5/h8-10,19H,11H2,1-7H3/b18-10+. The third-order valence-corrected chi connectivity index (χ3v) is 3.04. The van der Waals surface area contributed by atoms with Gasteiger partial charge in [0, 0.05) is 6.21 Å². The van der Waals surface area contributed by atoms with E-state index in [1.807, 2.05) is 32.2 Å². The van der Waals surface area contributed by atoms with Crippen LogP contribution in [0.25, 0.3) is 0 Å². The third-order valence-electron chi connectivity index (χ3n) is 3.04. The summed E-state index contributed by atoms with van der Waals surface area (Å²) < 4.78 is 0. The molecule has 1 aromatic rings. The van der Waals surface area contributed by atoms with Gasteiger partial charge in [0.25, 0.3) is 0 Å². The van der Waals surface area contributed by atoms with Gasteiger partial charge in [-0.25, -0.2) is 0 Å². The van der Waals surface area contributed by atoms with Gasteiger partial charge in [-0.3, -0.25) is 4.99 Å². The second kappa shape index (κ2) is 5.36. The van der Waals surface area contributed by atoms with Gasteiger partial charge in [-0.05, 0) is 68.4 Å². The van der Waals surface area contributed by atoms with Crippen molar-refractivity contribution in [1.82, 2.24) is 0 Å². The molecule has 106 valence electrons. The summed E-state index contributed by atoms with van der Waals surface area (Å²) in [5, 5.41) is 9.77. The van der Waals surface area contributed by atoms with E-state index < -0.39 is 0 Å². The Kier molecular flexibility index (Phi) is 4.44. The smallest absolute Gasteiger partial charge is 0.121 e. The van der Waals surface area contributed by atoms with Crippen molar-refractivity contribution < 1.29 is 5.11 Å². The van der Waals surface area contributed by atoms with Crippen LogP contribution in [0.15, 0.2) is 17.1 Å². The number of aryl methyl sites for hydroxylation is 2. The second-order valence-corrected chi connectivity index (χ2v) is 7.31. The van der Waals surface area contributed by atoms with Crippen molar-refractivity contribution in [2.45, 2.75) is 60.4 Å². The molecule has 0 aliphatic carbocycles. The summed E-state index contributed by atoms with van der Waals surface area (Å²) >= 11 is 0. The van der Waals surface area contributed by atoms with Crippen molar-refractivity contribution in [1.29, 1.82) is 0 Å². The molecule has 1 N–H and O–H groups in total. The molecular formula is C17H27NO. The molecule has 0 heterocycles. The molecule has 0 aromatic heterocycles. The SMILES string of the molecule is Cc1cc(/C=N/C(C)(C)CC(C)(C)C)cc(C)c1O. The number of hydrogen-bond donors (Lipinski definition) is 1. The van der Waals surface area contributed by atoms with Crippen molar-refractivity contribution in [3.63, 3.8) is 0 Å². The molecule has 1 aromatic carbocycles. The zero-order valence-electron chi connectivity index (χ0n) is 13.3. The lowest BCUT2D eigenvalue weighted by atomic mass is 9.82. The zero-order chi connectivity index (χ0) is 14.8. The highest BCUT2D eigenvalue weighted by atomic mass is 16.3. The number of aliphatic imine (C=N–C) groups is 1. The normalized spacial score (nSPS) is 13.2. The Morgan fingerprint density at radius 2 is 1.53 bits per heavy atom. The molecule has 0 saturated heterocycles. The molecule has 0 unspecified atom stereocenters. The summed E-state index contributed by atoms with van der Waals surface area (Å²) in [5.74, 6) is 0.381. The molecule has 2 heteroatoms. The number of rotatable bonds is 3. The molecule has 0 atom stereocenters. The maximum atomic E-state index is 9.77. The summed E-state index contributed by atoms with van der Waals surface area (Å²) in [6.45, 7) is 14.9. The van der Waals surface area contributed by atoms with Gasteiger partial charge >= 0.3 is 0 Å². The first-order valence-electron chi connectivity index (χ1n) is 6.86. The number of phenolic OH excluding ortho intramolecular Hbond substituents is 1. The van der Waals surface area contributed by atoms with E-state index in [0.29, 0.717) is 5.75 Å². The molecule has 19 heavy (non-hydrogen) atoms. The van der Waals surface area contributed by atoms with Crippen molar-refractivity contribution in [2.24, 2.45) is 10.4 Å². The number of hydrogen-bond acceptors (Lipinski definition) is 2. The predicted octanol–water partition coefficient (Wildman–Crippen LogP) is 4.64. The number of aromatic hydroxyl groups is 1. The van der Waals surface area contributed by atoms with Crippen LogP contribution < -0.4 is 0 Å². The Hall–Kier alpha value is -1.31. The van der Waals surface area contributed by atoms with E-state index in [1.54, 1.807) is 0 Å². The molecule has 0 aliphatic heterocycles. The lowest BCUT2D eigenvalue weighted by Gasteiger charge is -2.29. The minimum atomic E-state index is -0.0715. The predicted molar refractivity (Wildman–Crippen MR) is 83.3 cm³/mol. The van der Waals surface area contributed by atoms with Crippen LogP contribution in [-0.2, 0) is 0 Å². The Bertz CT molecular complexity index is 456. The van der Waals surface area contributed by atoms with Crippen molar-refractivity contribution in [2.75, 3.05) is 0 Å². The van der Waals surface area contributed by atoms with E-state index in [2.05, 4.69) is 34.6 Å². The lowest BCUT2D eigenvalue weighted by molar-refractivity contribution is 0.289. The van der Waals surface area contributed by atoms with Gasteiger partial charge in [-0.15, -0.1) is 0 Å². The molecule has 0 amide bonds. The van der Waals surface area contributed by atoms with Crippen LogP contribution in [0.1, 0.15) is 57.7 Å². The molecule has 0 radical (unpaired) electrons. The summed E-state index contributed by atoms with van der Waals surface area (Å²) in [6.07, 6.45) is 2.96. The summed E-state index contributed by atoms with van der Waals surface area (Å²) in [5.41, 5.74) is 3.04. The largest absolute Gasteiger partial charge is 0.507 e. The van der Waals surface area contributed by atoms with Crippen LogP contribution in [0.2, 0.25) is 0 Å². The van der Waals surface area contributed by atoms with E-state index in [9.17, 15) is 5.11 Å². The van der Waals surface area contributed by atoms with E-state index in [1.165, 1.54) is 0 Å². The number of benzene rings is 1. The van der Waals surface area contributed by atoms with Crippen LogP contribution >= 0.6 is 0 Å². The molecule has 0 aliphatic rings. The number of phenols is 1. The third kappa shape index (κ3) is 5.06. The van der Waals surface area contributed by atoms with Crippen molar-refractivity contribution >= 4 is 6.21 Å².